The van der Waals surface area contributed by atoms with Crippen LogP contribution in [0.4, 0.5) is 0 Å². The largest absolute Gasteiger partial charge is 0.394 e. The number of aliphatic hydroxyl groups is 1. The molecule has 1 aliphatic rings. The van der Waals surface area contributed by atoms with Crippen molar-refractivity contribution in [3.8, 4) is 0 Å². The Morgan fingerprint density at radius 3 is 2.87 bits per heavy atom. The summed E-state index contributed by atoms with van der Waals surface area (Å²) in [5.41, 5.74) is 5.38. The van der Waals surface area contributed by atoms with Gasteiger partial charge in [0.05, 0.1) is 12.6 Å². The molecule has 0 saturated carbocycles. The summed E-state index contributed by atoms with van der Waals surface area (Å²) < 4.78 is 0. The van der Waals surface area contributed by atoms with Gasteiger partial charge in [-0.1, -0.05) is 6.92 Å². The molecule has 1 saturated heterocycles. The maximum Gasteiger partial charge on any atom is 0.222 e. The van der Waals surface area contributed by atoms with Gasteiger partial charge < -0.3 is 15.7 Å². The first-order valence-corrected chi connectivity index (χ1v) is 5.81. The summed E-state index contributed by atoms with van der Waals surface area (Å²) in [6, 6.07) is 0.0374. The van der Waals surface area contributed by atoms with E-state index >= 15 is 0 Å². The van der Waals surface area contributed by atoms with Gasteiger partial charge in [-0.05, 0) is 31.7 Å². The van der Waals surface area contributed by atoms with E-state index in [1.165, 1.54) is 0 Å². The second kappa shape index (κ2) is 6.08. The van der Waals surface area contributed by atoms with E-state index in [1.54, 1.807) is 0 Å². The summed E-state index contributed by atoms with van der Waals surface area (Å²) in [4.78, 5) is 13.6. The number of likely N-dealkylation sites (tertiary alicyclic amines) is 1. The van der Waals surface area contributed by atoms with E-state index in [0.29, 0.717) is 18.9 Å². The van der Waals surface area contributed by atoms with Gasteiger partial charge in [-0.3, -0.25) is 4.79 Å². The second-order valence-corrected chi connectivity index (χ2v) is 4.35. The first-order valence-electron chi connectivity index (χ1n) is 5.81. The molecule has 0 aliphatic carbocycles. The molecule has 1 heterocycles. The molecule has 2 atom stereocenters. The van der Waals surface area contributed by atoms with Crippen molar-refractivity contribution in [1.29, 1.82) is 0 Å². The van der Waals surface area contributed by atoms with Crippen LogP contribution < -0.4 is 5.73 Å². The van der Waals surface area contributed by atoms with Crippen LogP contribution in [0.1, 0.15) is 32.6 Å². The number of carbonyl (C=O) groups excluding carboxylic acids is 1. The molecule has 88 valence electrons. The van der Waals surface area contributed by atoms with Crippen molar-refractivity contribution >= 4 is 5.91 Å². The molecule has 1 amide bonds. The van der Waals surface area contributed by atoms with Gasteiger partial charge in [-0.25, -0.2) is 0 Å². The Labute approximate surface area is 91.4 Å². The molecule has 0 aromatic rings. The quantitative estimate of drug-likeness (QED) is 0.649. The number of unbranched alkanes of at least 4 members (excludes halogenated alkanes) is 1. The number of carbonyl (C=O) groups is 1. The van der Waals surface area contributed by atoms with E-state index in [1.807, 2.05) is 4.90 Å². The van der Waals surface area contributed by atoms with Crippen molar-refractivity contribution in [3.05, 3.63) is 0 Å². The number of amides is 1. The Hall–Kier alpha value is -0.610. The summed E-state index contributed by atoms with van der Waals surface area (Å²) in [6.45, 7) is 3.62. The average molecular weight is 214 g/mol. The van der Waals surface area contributed by atoms with Gasteiger partial charge in [0.1, 0.15) is 0 Å². The number of aliphatic hydroxyl groups excluding tert-OH is 1. The lowest BCUT2D eigenvalue weighted by atomic mass is 10.0. The molecular formula is C11H22N2O2. The molecule has 0 aromatic heterocycles. The van der Waals surface area contributed by atoms with Gasteiger partial charge in [-0.15, -0.1) is 0 Å². The molecular weight excluding hydrogens is 192 g/mol. The fourth-order valence-corrected chi connectivity index (χ4v) is 2.16. The van der Waals surface area contributed by atoms with Gasteiger partial charge in [-0.2, -0.15) is 0 Å². The summed E-state index contributed by atoms with van der Waals surface area (Å²) >= 11 is 0. The number of hydrogen-bond donors (Lipinski definition) is 2. The zero-order chi connectivity index (χ0) is 11.3. The molecule has 4 heteroatoms. The summed E-state index contributed by atoms with van der Waals surface area (Å²) in [5.74, 6) is 0.598. The van der Waals surface area contributed by atoms with E-state index < -0.39 is 0 Å². The minimum Gasteiger partial charge on any atom is -0.394 e. The minimum absolute atomic E-state index is 0.0374. The van der Waals surface area contributed by atoms with Crippen LogP contribution in [0.25, 0.3) is 0 Å². The molecule has 1 fully saturated rings. The maximum atomic E-state index is 11.8. The van der Waals surface area contributed by atoms with Gasteiger partial charge in [0.15, 0.2) is 0 Å². The molecule has 0 aromatic carbocycles. The van der Waals surface area contributed by atoms with E-state index in [9.17, 15) is 9.90 Å². The van der Waals surface area contributed by atoms with E-state index in [4.69, 9.17) is 5.73 Å². The predicted octanol–water partition coefficient (Wildman–Crippen LogP) is 0.345. The zero-order valence-corrected chi connectivity index (χ0v) is 9.48. The van der Waals surface area contributed by atoms with Crippen LogP contribution in [0.3, 0.4) is 0 Å². The predicted molar refractivity (Wildman–Crippen MR) is 59.3 cm³/mol. The first-order chi connectivity index (χ1) is 7.20. The SMILES string of the molecule is CC1CCN(C(=O)CCCCN)C1CO. The van der Waals surface area contributed by atoms with E-state index in [-0.39, 0.29) is 18.6 Å². The summed E-state index contributed by atoms with van der Waals surface area (Å²) in [6.07, 6.45) is 3.34. The Kier molecular flexibility index (Phi) is 5.05. The molecule has 4 nitrogen and oxygen atoms in total. The van der Waals surface area contributed by atoms with Gasteiger partial charge in [0, 0.05) is 13.0 Å². The third kappa shape index (κ3) is 3.18. The molecule has 15 heavy (non-hydrogen) atoms. The van der Waals surface area contributed by atoms with Gasteiger partial charge in [0.2, 0.25) is 5.91 Å². The van der Waals surface area contributed by atoms with Crippen LogP contribution in [-0.4, -0.2) is 41.7 Å². The average Bonchev–Trinajstić information content (AvgIpc) is 2.59. The van der Waals surface area contributed by atoms with Crippen LogP contribution in [0.15, 0.2) is 0 Å². The molecule has 3 N–H and O–H groups in total. The fourth-order valence-electron chi connectivity index (χ4n) is 2.16. The van der Waals surface area contributed by atoms with Crippen LogP contribution in [-0.2, 0) is 4.79 Å². The topological polar surface area (TPSA) is 66.6 Å². The first kappa shape index (κ1) is 12.5. The molecule has 2 unspecified atom stereocenters. The van der Waals surface area contributed by atoms with Crippen molar-refractivity contribution < 1.29 is 9.90 Å². The Morgan fingerprint density at radius 2 is 2.27 bits per heavy atom. The molecule has 1 aliphatic heterocycles. The third-order valence-electron chi connectivity index (χ3n) is 3.23. The van der Waals surface area contributed by atoms with Crippen LogP contribution >= 0.6 is 0 Å². The lowest BCUT2D eigenvalue weighted by Crippen LogP contribution is -2.39. The highest BCUT2D eigenvalue weighted by Crippen LogP contribution is 2.24. The Balaban J connectivity index is 2.38. The number of nitrogens with zero attached hydrogens (tertiary/aromatic N) is 1. The number of hydrogen-bond acceptors (Lipinski definition) is 3. The van der Waals surface area contributed by atoms with Gasteiger partial charge in [0.25, 0.3) is 0 Å². The number of nitrogens with two attached hydrogens (primary N) is 1. The molecule has 1 rings (SSSR count). The Morgan fingerprint density at radius 1 is 1.53 bits per heavy atom. The summed E-state index contributed by atoms with van der Waals surface area (Å²) in [7, 11) is 0. The monoisotopic (exact) mass is 214 g/mol. The standard InChI is InChI=1S/C11H22N2O2/c1-9-5-7-13(10(9)8-14)11(15)4-2-3-6-12/h9-10,14H,2-8,12H2,1H3. The lowest BCUT2D eigenvalue weighted by Gasteiger charge is -2.25. The van der Waals surface area contributed by atoms with E-state index in [2.05, 4.69) is 6.92 Å². The van der Waals surface area contributed by atoms with Crippen LogP contribution in [0.5, 0.6) is 0 Å². The zero-order valence-electron chi connectivity index (χ0n) is 9.48. The van der Waals surface area contributed by atoms with Crippen molar-refractivity contribution in [2.45, 2.75) is 38.6 Å². The van der Waals surface area contributed by atoms with Crippen LogP contribution in [0.2, 0.25) is 0 Å². The highest BCUT2D eigenvalue weighted by atomic mass is 16.3. The lowest BCUT2D eigenvalue weighted by molar-refractivity contribution is -0.133. The third-order valence-corrected chi connectivity index (χ3v) is 3.23. The minimum atomic E-state index is 0.0374. The molecule has 0 bridgehead atoms. The molecule has 0 radical (unpaired) electrons. The summed E-state index contributed by atoms with van der Waals surface area (Å²) in [5, 5.41) is 9.21. The highest BCUT2D eigenvalue weighted by Gasteiger charge is 2.33. The highest BCUT2D eigenvalue weighted by molar-refractivity contribution is 5.76. The van der Waals surface area contributed by atoms with Crippen LogP contribution in [0, 0.1) is 5.92 Å². The van der Waals surface area contributed by atoms with Crippen molar-refractivity contribution in [2.75, 3.05) is 19.7 Å². The van der Waals surface area contributed by atoms with Crippen molar-refractivity contribution in [3.63, 3.8) is 0 Å². The van der Waals surface area contributed by atoms with Gasteiger partial charge >= 0.3 is 0 Å². The Bertz CT molecular complexity index is 209. The fraction of sp³-hybridized carbons (Fsp3) is 0.909. The number of rotatable bonds is 5. The van der Waals surface area contributed by atoms with Crippen molar-refractivity contribution in [1.82, 2.24) is 4.90 Å². The molecule has 0 spiro atoms. The maximum absolute atomic E-state index is 11.8. The second-order valence-electron chi connectivity index (χ2n) is 4.35. The van der Waals surface area contributed by atoms with E-state index in [0.717, 1.165) is 25.8 Å². The van der Waals surface area contributed by atoms with Crippen molar-refractivity contribution in [2.24, 2.45) is 11.7 Å². The smallest absolute Gasteiger partial charge is 0.222 e. The normalized spacial score (nSPS) is 25.9.